The van der Waals surface area contributed by atoms with Gasteiger partial charge in [-0.05, 0) is 118 Å². The van der Waals surface area contributed by atoms with Crippen LogP contribution < -0.4 is 0 Å². The van der Waals surface area contributed by atoms with E-state index < -0.39 is 0 Å². The Morgan fingerprint density at radius 2 is 1.00 bits per heavy atom. The van der Waals surface area contributed by atoms with Crippen molar-refractivity contribution in [2.24, 2.45) is 0 Å². The third-order valence-corrected chi connectivity index (χ3v) is 6.37. The molecule has 0 nitrogen and oxygen atoms in total. The molecule has 0 atom stereocenters. The quantitative estimate of drug-likeness (QED) is 0.319. The highest BCUT2D eigenvalue weighted by molar-refractivity contribution is 5.57. The van der Waals surface area contributed by atoms with E-state index in [2.05, 4.69) is 141 Å². The average molecular weight is 513 g/mol. The third kappa shape index (κ3) is 12.4. The number of benzene rings is 3. The number of hydrogen-bond acceptors (Lipinski definition) is 0. The zero-order chi connectivity index (χ0) is 27.1. The van der Waals surface area contributed by atoms with E-state index in [9.17, 15) is 0 Å². The normalized spacial score (nSPS) is 10.4. The van der Waals surface area contributed by atoms with Crippen LogP contribution in [0.15, 0.2) is 66.8 Å². The first kappa shape index (κ1) is 37.0. The van der Waals surface area contributed by atoms with Crippen LogP contribution in [-0.4, -0.2) is 0 Å². The standard InChI is InChI=1S/C14H20.C12H16.C10H12.2CH4/c1-5-8-14-10-12(6-2)11(4)9-13(14)7-3;1-5-6-12-8-10(3)9(2)7-11(12)4;1-3-4-10-7-5-9(2)6-8-10;;/h5,8-10H,6-7H2,1-4H3;5-8H,1-4H3;3-8H,1-2H3;2*1H4/b8-5+;;;;. The van der Waals surface area contributed by atoms with Gasteiger partial charge in [0.1, 0.15) is 0 Å². The molecule has 0 saturated heterocycles. The fourth-order valence-electron chi connectivity index (χ4n) is 4.07. The van der Waals surface area contributed by atoms with Crippen molar-refractivity contribution in [3.8, 4) is 0 Å². The van der Waals surface area contributed by atoms with E-state index in [0.29, 0.717) is 0 Å². The van der Waals surface area contributed by atoms with Crippen LogP contribution in [0.25, 0.3) is 18.2 Å². The van der Waals surface area contributed by atoms with Crippen molar-refractivity contribution in [3.05, 3.63) is 122 Å². The predicted octanol–water partition coefficient (Wildman–Crippen LogP) is 12.1. The first-order chi connectivity index (χ1) is 17.2. The molecule has 38 heavy (non-hydrogen) atoms. The van der Waals surface area contributed by atoms with E-state index in [-0.39, 0.29) is 14.9 Å². The predicted molar refractivity (Wildman–Crippen MR) is 179 cm³/mol. The van der Waals surface area contributed by atoms with E-state index in [1.807, 2.05) is 13.0 Å². The highest BCUT2D eigenvalue weighted by Gasteiger charge is 2.02. The molecule has 0 heterocycles. The summed E-state index contributed by atoms with van der Waals surface area (Å²) in [5.41, 5.74) is 13.8. The summed E-state index contributed by atoms with van der Waals surface area (Å²) in [5.74, 6) is 0. The second-order valence-electron chi connectivity index (χ2n) is 9.39. The number of aryl methyl sites for hydroxylation is 7. The minimum absolute atomic E-state index is 0. The molecule has 0 spiro atoms. The molecular formula is C38H56. The van der Waals surface area contributed by atoms with Crippen molar-refractivity contribution in [3.63, 3.8) is 0 Å². The van der Waals surface area contributed by atoms with Gasteiger partial charge in [-0.2, -0.15) is 0 Å². The molecule has 0 unspecified atom stereocenters. The number of hydrogen-bond donors (Lipinski definition) is 0. The van der Waals surface area contributed by atoms with Crippen LogP contribution in [0.3, 0.4) is 0 Å². The van der Waals surface area contributed by atoms with Gasteiger partial charge in [0.05, 0.1) is 0 Å². The van der Waals surface area contributed by atoms with Gasteiger partial charge in [-0.1, -0.05) is 119 Å². The van der Waals surface area contributed by atoms with Gasteiger partial charge in [0.2, 0.25) is 0 Å². The van der Waals surface area contributed by atoms with E-state index in [1.165, 1.54) is 55.6 Å². The van der Waals surface area contributed by atoms with Crippen LogP contribution in [0.4, 0.5) is 0 Å². The van der Waals surface area contributed by atoms with Crippen LogP contribution in [0.2, 0.25) is 0 Å². The molecule has 0 saturated carbocycles. The smallest absolute Gasteiger partial charge is 0.0225 e. The molecule has 0 aliphatic carbocycles. The molecule has 3 aromatic rings. The van der Waals surface area contributed by atoms with E-state index in [0.717, 1.165) is 12.8 Å². The lowest BCUT2D eigenvalue weighted by molar-refractivity contribution is 1.07. The van der Waals surface area contributed by atoms with Crippen LogP contribution in [0.5, 0.6) is 0 Å². The third-order valence-electron chi connectivity index (χ3n) is 6.37. The molecule has 208 valence electrons. The molecule has 3 rings (SSSR count). The highest BCUT2D eigenvalue weighted by Crippen LogP contribution is 2.19. The maximum Gasteiger partial charge on any atom is -0.0225 e. The van der Waals surface area contributed by atoms with Crippen molar-refractivity contribution < 1.29 is 0 Å². The molecule has 0 amide bonds. The Labute approximate surface area is 237 Å². The lowest BCUT2D eigenvalue weighted by Crippen LogP contribution is -1.93. The zero-order valence-electron chi connectivity index (χ0n) is 24.5. The van der Waals surface area contributed by atoms with Crippen LogP contribution in [0, 0.1) is 34.6 Å². The zero-order valence-corrected chi connectivity index (χ0v) is 24.5. The van der Waals surface area contributed by atoms with Crippen molar-refractivity contribution in [2.45, 2.75) is 96.9 Å². The maximum absolute atomic E-state index is 2.33. The topological polar surface area (TPSA) is 0 Å². The maximum atomic E-state index is 2.33. The fraction of sp³-hybridized carbons (Fsp3) is 0.368. The molecule has 0 bridgehead atoms. The monoisotopic (exact) mass is 512 g/mol. The van der Waals surface area contributed by atoms with E-state index in [1.54, 1.807) is 0 Å². The Morgan fingerprint density at radius 1 is 0.500 bits per heavy atom. The van der Waals surface area contributed by atoms with Gasteiger partial charge >= 0.3 is 0 Å². The van der Waals surface area contributed by atoms with Crippen molar-refractivity contribution >= 4 is 18.2 Å². The molecule has 3 aromatic carbocycles. The molecule has 0 aliphatic heterocycles. The summed E-state index contributed by atoms with van der Waals surface area (Å²) in [5, 5.41) is 0. The van der Waals surface area contributed by atoms with E-state index in [4.69, 9.17) is 0 Å². The first-order valence-corrected chi connectivity index (χ1v) is 13.4. The number of allylic oxidation sites excluding steroid dienone is 3. The van der Waals surface area contributed by atoms with Crippen LogP contribution in [-0.2, 0) is 12.8 Å². The second kappa shape index (κ2) is 19.9. The van der Waals surface area contributed by atoms with Crippen molar-refractivity contribution in [2.75, 3.05) is 0 Å². The molecule has 0 aliphatic rings. The van der Waals surface area contributed by atoms with Crippen LogP contribution >= 0.6 is 0 Å². The number of rotatable bonds is 5. The Bertz CT molecular complexity index is 1150. The summed E-state index contributed by atoms with van der Waals surface area (Å²) in [4.78, 5) is 0. The average Bonchev–Trinajstić information content (AvgIpc) is 2.86. The van der Waals surface area contributed by atoms with Gasteiger partial charge in [0, 0.05) is 0 Å². The molecule has 0 fully saturated rings. The fourth-order valence-corrected chi connectivity index (χ4v) is 4.07. The summed E-state index contributed by atoms with van der Waals surface area (Å²) in [6, 6.07) is 17.6. The Hall–Kier alpha value is -3.12. The lowest BCUT2D eigenvalue weighted by atomic mass is 9.96. The van der Waals surface area contributed by atoms with Gasteiger partial charge < -0.3 is 0 Å². The summed E-state index contributed by atoms with van der Waals surface area (Å²) in [7, 11) is 0. The van der Waals surface area contributed by atoms with Gasteiger partial charge in [0.25, 0.3) is 0 Å². The summed E-state index contributed by atoms with van der Waals surface area (Å²) >= 11 is 0. The highest BCUT2D eigenvalue weighted by atomic mass is 14.1. The first-order valence-electron chi connectivity index (χ1n) is 13.4. The summed E-state index contributed by atoms with van der Waals surface area (Å²) in [6.45, 7) is 21.3. The van der Waals surface area contributed by atoms with Gasteiger partial charge in [-0.15, -0.1) is 0 Å². The van der Waals surface area contributed by atoms with Crippen LogP contribution in [0.1, 0.15) is 105 Å². The van der Waals surface area contributed by atoms with Gasteiger partial charge in [-0.25, -0.2) is 0 Å². The largest absolute Gasteiger partial charge is 0.0871 e. The summed E-state index contributed by atoms with van der Waals surface area (Å²) in [6.07, 6.45) is 14.9. The summed E-state index contributed by atoms with van der Waals surface area (Å²) < 4.78 is 0. The minimum atomic E-state index is 0. The van der Waals surface area contributed by atoms with E-state index >= 15 is 0 Å². The Morgan fingerprint density at radius 3 is 1.50 bits per heavy atom. The van der Waals surface area contributed by atoms with Crippen molar-refractivity contribution in [1.29, 1.82) is 0 Å². The second-order valence-corrected chi connectivity index (χ2v) is 9.39. The molecule has 0 radical (unpaired) electrons. The SMILES string of the molecule is C.C.C/C=C/c1cc(CC)c(C)cc1CC.CC=Cc1cc(C)c(C)cc1C.CC=Cc1ccc(C)cc1. The lowest BCUT2D eigenvalue weighted by Gasteiger charge is -2.09. The molecule has 0 heteroatoms. The molecule has 0 N–H and O–H groups in total. The molecule has 0 aromatic heterocycles. The van der Waals surface area contributed by atoms with Gasteiger partial charge in [-0.3, -0.25) is 0 Å². The Balaban J connectivity index is 0. The molecular weight excluding hydrogens is 456 g/mol. The Kier molecular flexibility index (Phi) is 19.4. The van der Waals surface area contributed by atoms with Gasteiger partial charge in [0.15, 0.2) is 0 Å². The van der Waals surface area contributed by atoms with Crippen molar-refractivity contribution in [1.82, 2.24) is 0 Å². The minimum Gasteiger partial charge on any atom is -0.0871 e.